The molecule has 0 spiro atoms. The predicted molar refractivity (Wildman–Crippen MR) is 132 cm³/mol. The third-order valence-corrected chi connectivity index (χ3v) is 5.60. The molecule has 3 aromatic rings. The fraction of sp³-hybridized carbons (Fsp3) is 0.222. The van der Waals surface area contributed by atoms with Crippen LogP contribution in [0.1, 0.15) is 42.5 Å². The lowest BCUT2D eigenvalue weighted by Gasteiger charge is -2.08. The number of hydrogen-bond acceptors (Lipinski definition) is 2. The van der Waals surface area contributed by atoms with Crippen molar-refractivity contribution in [2.75, 3.05) is 0 Å². The molecule has 0 saturated heterocycles. The van der Waals surface area contributed by atoms with Crippen LogP contribution in [0.3, 0.4) is 0 Å². The minimum atomic E-state index is 0.572. The summed E-state index contributed by atoms with van der Waals surface area (Å²) in [6, 6.07) is 20.7. The minimum Gasteiger partial charge on any atom is -0.193 e. The van der Waals surface area contributed by atoms with Gasteiger partial charge in [-0.25, -0.2) is 0 Å². The third-order valence-electron chi connectivity index (χ3n) is 5.22. The maximum absolute atomic E-state index is 6.36. The second-order valence-electron chi connectivity index (χ2n) is 7.57. The number of aliphatic imine (C=N–C) groups is 1. The summed E-state index contributed by atoms with van der Waals surface area (Å²) >= 11 is 11.1. The fourth-order valence-corrected chi connectivity index (χ4v) is 3.65. The molecule has 0 aliphatic carbocycles. The number of isothiocyanates is 1. The van der Waals surface area contributed by atoms with Crippen molar-refractivity contribution in [2.24, 2.45) is 10.9 Å². The maximum atomic E-state index is 6.36. The SMILES string of the molecule is CCC(C)Cc1ccc(C#Cc2ccc(-c3cc(C)c(N=C=S)c(Cl)c3)cc2)cc1. The zero-order valence-corrected chi connectivity index (χ0v) is 19.1. The molecule has 3 aromatic carbocycles. The third kappa shape index (κ3) is 5.68. The van der Waals surface area contributed by atoms with Gasteiger partial charge in [0, 0.05) is 11.1 Å². The molecule has 3 rings (SSSR count). The van der Waals surface area contributed by atoms with Crippen LogP contribution in [0, 0.1) is 24.7 Å². The lowest BCUT2D eigenvalue weighted by Crippen LogP contribution is -1.97. The van der Waals surface area contributed by atoms with Crippen LogP contribution in [0.4, 0.5) is 5.69 Å². The van der Waals surface area contributed by atoms with Gasteiger partial charge >= 0.3 is 0 Å². The number of hydrogen-bond donors (Lipinski definition) is 0. The predicted octanol–water partition coefficient (Wildman–Crippen LogP) is 8.04. The van der Waals surface area contributed by atoms with Crippen molar-refractivity contribution in [1.82, 2.24) is 0 Å². The first-order chi connectivity index (χ1) is 14.5. The van der Waals surface area contributed by atoms with Gasteiger partial charge in [-0.2, -0.15) is 4.99 Å². The highest BCUT2D eigenvalue weighted by atomic mass is 35.5. The van der Waals surface area contributed by atoms with Crippen molar-refractivity contribution in [1.29, 1.82) is 0 Å². The number of thiocarbonyl (C=S) groups is 1. The Labute approximate surface area is 189 Å². The van der Waals surface area contributed by atoms with E-state index in [9.17, 15) is 0 Å². The summed E-state index contributed by atoms with van der Waals surface area (Å²) in [5.41, 5.74) is 7.14. The summed E-state index contributed by atoms with van der Waals surface area (Å²) in [5, 5.41) is 2.95. The van der Waals surface area contributed by atoms with Gasteiger partial charge in [-0.3, -0.25) is 0 Å². The van der Waals surface area contributed by atoms with Crippen LogP contribution >= 0.6 is 23.8 Å². The monoisotopic (exact) mass is 429 g/mol. The Balaban J connectivity index is 1.75. The maximum Gasteiger partial charge on any atom is 0.0955 e. The molecule has 0 saturated carbocycles. The van der Waals surface area contributed by atoms with E-state index in [4.69, 9.17) is 23.8 Å². The highest BCUT2D eigenvalue weighted by Gasteiger charge is 2.07. The van der Waals surface area contributed by atoms with E-state index < -0.39 is 0 Å². The highest BCUT2D eigenvalue weighted by molar-refractivity contribution is 7.78. The number of aryl methyl sites for hydroxylation is 1. The van der Waals surface area contributed by atoms with E-state index >= 15 is 0 Å². The van der Waals surface area contributed by atoms with Gasteiger partial charge in [0.25, 0.3) is 0 Å². The van der Waals surface area contributed by atoms with Crippen molar-refractivity contribution in [3.8, 4) is 23.0 Å². The van der Waals surface area contributed by atoms with Crippen molar-refractivity contribution >= 4 is 34.7 Å². The van der Waals surface area contributed by atoms with Gasteiger partial charge in [0.05, 0.1) is 15.9 Å². The summed E-state index contributed by atoms with van der Waals surface area (Å²) in [6.07, 6.45) is 2.32. The van der Waals surface area contributed by atoms with E-state index in [-0.39, 0.29) is 0 Å². The van der Waals surface area contributed by atoms with E-state index in [0.29, 0.717) is 16.6 Å². The lowest BCUT2D eigenvalue weighted by molar-refractivity contribution is 0.560. The molecule has 1 unspecified atom stereocenters. The summed E-state index contributed by atoms with van der Waals surface area (Å²) in [5.74, 6) is 7.21. The zero-order valence-electron chi connectivity index (χ0n) is 17.5. The minimum absolute atomic E-state index is 0.572. The topological polar surface area (TPSA) is 12.4 Å². The first-order valence-corrected chi connectivity index (χ1v) is 10.9. The average molecular weight is 430 g/mol. The first kappa shape index (κ1) is 22.0. The smallest absolute Gasteiger partial charge is 0.0955 e. The molecular formula is C27H24ClNS. The molecule has 0 radical (unpaired) electrons. The molecule has 0 heterocycles. The Bertz CT molecular complexity index is 1110. The Hall–Kier alpha value is -2.69. The zero-order chi connectivity index (χ0) is 21.5. The molecule has 0 fully saturated rings. The number of rotatable bonds is 5. The van der Waals surface area contributed by atoms with E-state index in [2.05, 4.69) is 78.3 Å². The van der Waals surface area contributed by atoms with E-state index in [1.54, 1.807) is 0 Å². The molecule has 0 aromatic heterocycles. The summed E-state index contributed by atoms with van der Waals surface area (Å²) in [7, 11) is 0. The van der Waals surface area contributed by atoms with Crippen molar-refractivity contribution in [3.05, 3.63) is 87.9 Å². The average Bonchev–Trinajstić information content (AvgIpc) is 2.76. The Morgan fingerprint density at radius 1 is 0.933 bits per heavy atom. The van der Waals surface area contributed by atoms with Crippen molar-refractivity contribution in [3.63, 3.8) is 0 Å². The molecule has 30 heavy (non-hydrogen) atoms. The summed E-state index contributed by atoms with van der Waals surface area (Å²) < 4.78 is 0. The van der Waals surface area contributed by atoms with E-state index in [1.165, 1.54) is 12.0 Å². The quantitative estimate of drug-likeness (QED) is 0.227. The number of benzene rings is 3. The highest BCUT2D eigenvalue weighted by Crippen LogP contribution is 2.34. The standard InChI is InChI=1S/C27H24ClNS/c1-4-19(2)15-23-9-7-21(8-10-23)5-6-22-11-13-24(14-12-22)25-16-20(3)27(29-18-30)26(28)17-25/h7-14,16-17,19H,4,15H2,1-3H3. The lowest BCUT2D eigenvalue weighted by atomic mass is 9.98. The van der Waals surface area contributed by atoms with Crippen LogP contribution in [0.25, 0.3) is 11.1 Å². The largest absolute Gasteiger partial charge is 0.193 e. The van der Waals surface area contributed by atoms with Gasteiger partial charge < -0.3 is 0 Å². The summed E-state index contributed by atoms with van der Waals surface area (Å²) in [6.45, 7) is 6.49. The Kier molecular flexibility index (Phi) is 7.61. The van der Waals surface area contributed by atoms with Crippen molar-refractivity contribution in [2.45, 2.75) is 33.6 Å². The molecule has 0 aliphatic rings. The van der Waals surface area contributed by atoms with Gasteiger partial charge in [0.1, 0.15) is 0 Å². The fourth-order valence-electron chi connectivity index (χ4n) is 3.25. The van der Waals surface area contributed by atoms with E-state index in [0.717, 1.165) is 34.2 Å². The molecule has 0 bridgehead atoms. The molecule has 3 heteroatoms. The van der Waals surface area contributed by atoms with E-state index in [1.807, 2.05) is 25.1 Å². The molecule has 0 N–H and O–H groups in total. The van der Waals surface area contributed by atoms with Crippen LogP contribution in [0.5, 0.6) is 0 Å². The molecular weight excluding hydrogens is 406 g/mol. The molecule has 1 nitrogen and oxygen atoms in total. The second-order valence-corrected chi connectivity index (χ2v) is 8.16. The van der Waals surface area contributed by atoms with Gasteiger partial charge in [0.15, 0.2) is 0 Å². The van der Waals surface area contributed by atoms with Crippen LogP contribution in [0.15, 0.2) is 65.7 Å². The molecule has 1 atom stereocenters. The second kappa shape index (κ2) is 10.4. The van der Waals surface area contributed by atoms with Crippen molar-refractivity contribution < 1.29 is 0 Å². The van der Waals surface area contributed by atoms with Crippen LogP contribution in [-0.4, -0.2) is 5.16 Å². The Morgan fingerprint density at radius 2 is 1.53 bits per heavy atom. The molecule has 0 amide bonds. The number of nitrogens with zero attached hydrogens (tertiary/aromatic N) is 1. The van der Waals surface area contributed by atoms with Gasteiger partial charge in [-0.1, -0.05) is 68.0 Å². The van der Waals surface area contributed by atoms with Gasteiger partial charge in [-0.15, -0.1) is 0 Å². The Morgan fingerprint density at radius 3 is 2.07 bits per heavy atom. The van der Waals surface area contributed by atoms with Crippen LogP contribution in [0.2, 0.25) is 5.02 Å². The van der Waals surface area contributed by atoms with Gasteiger partial charge in [-0.05, 0) is 90.1 Å². The molecule has 0 aliphatic heterocycles. The van der Waals surface area contributed by atoms with Gasteiger partial charge in [0.2, 0.25) is 0 Å². The normalized spacial score (nSPS) is 11.2. The number of halogens is 1. The molecule has 150 valence electrons. The summed E-state index contributed by atoms with van der Waals surface area (Å²) in [4.78, 5) is 4.05. The van der Waals surface area contributed by atoms with Crippen LogP contribution < -0.4 is 0 Å². The first-order valence-electron chi connectivity index (χ1n) is 10.1. The van der Waals surface area contributed by atoms with Crippen LogP contribution in [-0.2, 0) is 6.42 Å².